The number of aromatic nitrogens is 2. The second-order valence-electron chi connectivity index (χ2n) is 7.27. The molecule has 0 saturated heterocycles. The van der Waals surface area contributed by atoms with E-state index in [1.807, 2.05) is 62.4 Å². The molecule has 0 spiro atoms. The van der Waals surface area contributed by atoms with Gasteiger partial charge in [-0.1, -0.05) is 52.3 Å². The van der Waals surface area contributed by atoms with Crippen LogP contribution in [0.4, 0.5) is 0 Å². The lowest BCUT2D eigenvalue weighted by molar-refractivity contribution is -0.143. The summed E-state index contributed by atoms with van der Waals surface area (Å²) >= 11 is 0. The van der Waals surface area contributed by atoms with E-state index < -0.39 is 12.0 Å². The molecule has 0 N–H and O–H groups in total. The predicted octanol–water partition coefficient (Wildman–Crippen LogP) is 4.29. The van der Waals surface area contributed by atoms with Gasteiger partial charge in [0.25, 0.3) is 5.89 Å². The van der Waals surface area contributed by atoms with Crippen LogP contribution in [0.2, 0.25) is 0 Å². The number of carbonyl (C=O) groups is 1. The van der Waals surface area contributed by atoms with Gasteiger partial charge in [0.05, 0.1) is 12.8 Å². The molecule has 3 aromatic rings. The lowest BCUT2D eigenvalue weighted by Crippen LogP contribution is -2.26. The van der Waals surface area contributed by atoms with E-state index in [4.69, 9.17) is 18.8 Å². The number of carbonyl (C=O) groups excluding carboxylic acids is 1. The van der Waals surface area contributed by atoms with E-state index in [-0.39, 0.29) is 5.97 Å². The average Bonchev–Trinajstić information content (AvgIpc) is 3.34. The highest BCUT2D eigenvalue weighted by Crippen LogP contribution is 2.28. The number of hydrogen-bond donors (Lipinski definition) is 0. The first kappa shape index (κ1) is 23.0. The molecule has 0 aliphatic rings. The van der Waals surface area contributed by atoms with Gasteiger partial charge < -0.3 is 18.8 Å². The lowest BCUT2D eigenvalue weighted by atomic mass is 9.95. The number of rotatable bonds is 10. The summed E-state index contributed by atoms with van der Waals surface area (Å²) in [6, 6.07) is 15.4. The maximum absolute atomic E-state index is 12.2. The quantitative estimate of drug-likeness (QED) is 0.265. The number of esters is 1. The summed E-state index contributed by atoms with van der Waals surface area (Å²) in [5, 5.41) is 7.71. The highest BCUT2D eigenvalue weighted by atomic mass is 16.6. The van der Waals surface area contributed by atoms with Crippen molar-refractivity contribution in [1.29, 1.82) is 0 Å². The number of hydrogen-bond acceptors (Lipinski definition) is 8. The van der Waals surface area contributed by atoms with Gasteiger partial charge >= 0.3 is 5.97 Å². The summed E-state index contributed by atoms with van der Waals surface area (Å²) in [6.07, 6.45) is 1.25. The summed E-state index contributed by atoms with van der Waals surface area (Å²) in [5.74, 6) is 0.111. The van der Waals surface area contributed by atoms with Gasteiger partial charge in [-0.2, -0.15) is 4.98 Å². The highest BCUT2D eigenvalue weighted by molar-refractivity contribution is 6.00. The second kappa shape index (κ2) is 11.1. The maximum atomic E-state index is 12.2. The van der Waals surface area contributed by atoms with E-state index >= 15 is 0 Å². The minimum atomic E-state index is -0.536. The van der Waals surface area contributed by atoms with Crippen molar-refractivity contribution in [3.05, 3.63) is 77.4 Å². The van der Waals surface area contributed by atoms with Crippen molar-refractivity contribution in [1.82, 2.24) is 10.1 Å². The number of oxime groups is 1. The zero-order valence-electron chi connectivity index (χ0n) is 18.6. The zero-order chi connectivity index (χ0) is 22.9. The first-order valence-electron chi connectivity index (χ1n) is 10.3. The Bertz CT molecular complexity index is 1030. The monoisotopic (exact) mass is 437 g/mol. The molecule has 0 aliphatic heterocycles. The van der Waals surface area contributed by atoms with E-state index in [2.05, 4.69) is 15.3 Å². The van der Waals surface area contributed by atoms with E-state index in [1.54, 1.807) is 6.92 Å². The van der Waals surface area contributed by atoms with Crippen molar-refractivity contribution in [3.8, 4) is 5.75 Å². The van der Waals surface area contributed by atoms with Crippen molar-refractivity contribution in [2.75, 3.05) is 13.7 Å². The Morgan fingerprint density at radius 1 is 1.19 bits per heavy atom. The summed E-state index contributed by atoms with van der Waals surface area (Å²) in [6.45, 7) is 6.03. The molecule has 0 amide bonds. The van der Waals surface area contributed by atoms with Gasteiger partial charge in [-0.25, -0.2) is 0 Å². The Morgan fingerprint density at radius 2 is 1.97 bits per heavy atom. The lowest BCUT2D eigenvalue weighted by Gasteiger charge is -2.17. The average molecular weight is 437 g/mol. The Labute approximate surface area is 187 Å². The van der Waals surface area contributed by atoms with Crippen LogP contribution < -0.4 is 4.74 Å². The molecule has 168 valence electrons. The van der Waals surface area contributed by atoms with Crippen LogP contribution in [0.1, 0.15) is 42.5 Å². The molecule has 0 aliphatic carbocycles. The minimum absolute atomic E-state index is 0.359. The molecule has 2 atom stereocenters. The minimum Gasteiger partial charge on any atom is -0.476 e. The van der Waals surface area contributed by atoms with Crippen LogP contribution in [0.5, 0.6) is 5.75 Å². The van der Waals surface area contributed by atoms with Gasteiger partial charge in [0.1, 0.15) is 18.3 Å². The topological polar surface area (TPSA) is 96.0 Å². The molecule has 2 aromatic carbocycles. The third-order valence-electron chi connectivity index (χ3n) is 4.89. The summed E-state index contributed by atoms with van der Waals surface area (Å²) in [7, 11) is 1.36. The van der Waals surface area contributed by atoms with Crippen LogP contribution in [0.15, 0.2) is 64.5 Å². The Hall–Kier alpha value is -3.68. The van der Waals surface area contributed by atoms with Crippen molar-refractivity contribution < 1.29 is 23.6 Å². The molecular weight excluding hydrogens is 410 g/mol. The van der Waals surface area contributed by atoms with Crippen molar-refractivity contribution in [2.45, 2.75) is 33.3 Å². The molecule has 1 aromatic heterocycles. The van der Waals surface area contributed by atoms with Crippen molar-refractivity contribution in [2.24, 2.45) is 11.1 Å². The van der Waals surface area contributed by atoms with Gasteiger partial charge in [0.2, 0.25) is 6.10 Å². The van der Waals surface area contributed by atoms with Crippen molar-refractivity contribution >= 4 is 11.7 Å². The second-order valence-corrected chi connectivity index (χ2v) is 7.27. The molecule has 2 unspecified atom stereocenters. The largest absolute Gasteiger partial charge is 0.476 e. The Kier molecular flexibility index (Phi) is 7.96. The summed E-state index contributed by atoms with van der Waals surface area (Å²) < 4.78 is 16.4. The molecule has 3 rings (SSSR count). The van der Waals surface area contributed by atoms with Gasteiger partial charge in [-0.3, -0.25) is 4.79 Å². The molecule has 0 saturated carbocycles. The normalized spacial score (nSPS) is 13.3. The standard InChI is InChI=1S/C24H27N3O5/c1-5-30-27-17(3)21(24(28)29-4)14-18-9-11-20(12-10-18)31-22(23-25-15-26-32-23)19-8-6-7-16(2)13-19/h6-13,15,21-22H,5,14H2,1-4H3. The van der Waals surface area contributed by atoms with E-state index in [9.17, 15) is 4.79 Å². The maximum Gasteiger partial charge on any atom is 0.314 e. The van der Waals surface area contributed by atoms with E-state index in [0.717, 1.165) is 16.7 Å². The zero-order valence-corrected chi connectivity index (χ0v) is 18.6. The predicted molar refractivity (Wildman–Crippen MR) is 118 cm³/mol. The van der Waals surface area contributed by atoms with Crippen LogP contribution in [-0.4, -0.2) is 35.5 Å². The molecule has 0 fully saturated rings. The Balaban J connectivity index is 1.78. The first-order chi connectivity index (χ1) is 15.5. The molecular formula is C24H27N3O5. The molecule has 8 heteroatoms. The van der Waals surface area contributed by atoms with Crippen LogP contribution in [0.25, 0.3) is 0 Å². The Morgan fingerprint density at radius 3 is 2.59 bits per heavy atom. The molecule has 8 nitrogen and oxygen atoms in total. The van der Waals surface area contributed by atoms with E-state index in [1.165, 1.54) is 13.4 Å². The van der Waals surface area contributed by atoms with Crippen LogP contribution in [0.3, 0.4) is 0 Å². The molecule has 0 bridgehead atoms. The van der Waals surface area contributed by atoms with E-state index in [0.29, 0.717) is 30.4 Å². The van der Waals surface area contributed by atoms with Crippen LogP contribution in [0, 0.1) is 12.8 Å². The van der Waals surface area contributed by atoms with Crippen LogP contribution in [-0.2, 0) is 20.8 Å². The number of ether oxygens (including phenoxy) is 2. The number of methoxy groups -OCH3 is 1. The van der Waals surface area contributed by atoms with Gasteiger partial charge in [0.15, 0.2) is 6.33 Å². The number of benzene rings is 2. The van der Waals surface area contributed by atoms with Crippen LogP contribution >= 0.6 is 0 Å². The summed E-state index contributed by atoms with van der Waals surface area (Å²) in [5.41, 5.74) is 3.51. The fourth-order valence-corrected chi connectivity index (χ4v) is 3.24. The third-order valence-corrected chi connectivity index (χ3v) is 4.89. The molecule has 0 radical (unpaired) electrons. The van der Waals surface area contributed by atoms with Crippen molar-refractivity contribution in [3.63, 3.8) is 0 Å². The number of nitrogens with zero attached hydrogens (tertiary/aromatic N) is 3. The SMILES string of the molecule is CCON=C(C)C(Cc1ccc(OC(c2cccc(C)c2)c2ncno2)cc1)C(=O)OC. The summed E-state index contributed by atoms with van der Waals surface area (Å²) in [4.78, 5) is 21.5. The van der Waals surface area contributed by atoms with Gasteiger partial charge in [-0.05, 0) is 44.9 Å². The highest BCUT2D eigenvalue weighted by Gasteiger charge is 2.25. The third kappa shape index (κ3) is 5.94. The first-order valence-corrected chi connectivity index (χ1v) is 10.3. The fourth-order valence-electron chi connectivity index (χ4n) is 3.24. The molecule has 32 heavy (non-hydrogen) atoms. The smallest absolute Gasteiger partial charge is 0.314 e. The van der Waals surface area contributed by atoms with Gasteiger partial charge in [-0.15, -0.1) is 0 Å². The fraction of sp³-hybridized carbons (Fsp3) is 0.333. The molecule has 1 heterocycles. The number of aryl methyl sites for hydroxylation is 1. The van der Waals surface area contributed by atoms with Gasteiger partial charge in [0, 0.05) is 5.56 Å².